The van der Waals surface area contributed by atoms with Crippen LogP contribution in [0.2, 0.25) is 0 Å². The highest BCUT2D eigenvalue weighted by Gasteiger charge is 2.32. The molecule has 0 aromatic rings. The Hall–Kier alpha value is -1.83. The van der Waals surface area contributed by atoms with Gasteiger partial charge in [-0.1, -0.05) is 20.3 Å². The molecule has 0 aliphatic carbocycles. The number of carboxylic acids is 1. The summed E-state index contributed by atoms with van der Waals surface area (Å²) in [5.41, 5.74) is 0. The number of nitrogens with one attached hydrogen (secondary N) is 1. The average Bonchev–Trinajstić information content (AvgIpc) is 2.50. The van der Waals surface area contributed by atoms with E-state index in [1.165, 1.54) is 12.0 Å². The lowest BCUT2D eigenvalue weighted by Crippen LogP contribution is -2.56. The van der Waals surface area contributed by atoms with E-state index < -0.39 is 30.1 Å². The SMILES string of the molecule is CC[C@H](C)[C@H](NC(=O)N1CCOC(C(=O)OC)C1)C(=O)O. The van der Waals surface area contributed by atoms with E-state index in [2.05, 4.69) is 10.1 Å². The third-order valence-corrected chi connectivity index (χ3v) is 3.58. The molecule has 120 valence electrons. The molecule has 1 aliphatic rings. The van der Waals surface area contributed by atoms with Gasteiger partial charge in [0, 0.05) is 6.54 Å². The zero-order valence-electron chi connectivity index (χ0n) is 12.5. The van der Waals surface area contributed by atoms with Crippen molar-refractivity contribution < 1.29 is 29.0 Å². The zero-order chi connectivity index (χ0) is 16.0. The lowest BCUT2D eigenvalue weighted by Gasteiger charge is -2.33. The molecule has 0 spiro atoms. The number of hydrogen-bond donors (Lipinski definition) is 2. The van der Waals surface area contributed by atoms with Crippen LogP contribution in [0.5, 0.6) is 0 Å². The van der Waals surface area contributed by atoms with Crippen LogP contribution in [0.4, 0.5) is 4.79 Å². The largest absolute Gasteiger partial charge is 0.480 e. The third-order valence-electron chi connectivity index (χ3n) is 3.58. The van der Waals surface area contributed by atoms with Gasteiger partial charge in [-0.05, 0) is 5.92 Å². The van der Waals surface area contributed by atoms with Gasteiger partial charge in [0.1, 0.15) is 6.04 Å². The summed E-state index contributed by atoms with van der Waals surface area (Å²) in [5, 5.41) is 11.7. The minimum atomic E-state index is -1.07. The average molecular weight is 302 g/mol. The van der Waals surface area contributed by atoms with Crippen LogP contribution in [0, 0.1) is 5.92 Å². The van der Waals surface area contributed by atoms with Gasteiger partial charge in [-0.25, -0.2) is 14.4 Å². The summed E-state index contributed by atoms with van der Waals surface area (Å²) in [7, 11) is 1.24. The summed E-state index contributed by atoms with van der Waals surface area (Å²) in [6.45, 7) is 4.16. The van der Waals surface area contributed by atoms with Crippen LogP contribution in [-0.4, -0.2) is 66.9 Å². The Balaban J connectivity index is 2.65. The van der Waals surface area contributed by atoms with Gasteiger partial charge in [0.2, 0.25) is 0 Å². The summed E-state index contributed by atoms with van der Waals surface area (Å²) < 4.78 is 9.80. The van der Waals surface area contributed by atoms with Gasteiger partial charge in [0.15, 0.2) is 6.10 Å². The van der Waals surface area contributed by atoms with E-state index >= 15 is 0 Å². The molecular formula is C13H22N2O6. The molecule has 8 heteroatoms. The minimum Gasteiger partial charge on any atom is -0.480 e. The Morgan fingerprint density at radius 1 is 1.48 bits per heavy atom. The fourth-order valence-corrected chi connectivity index (χ4v) is 2.02. The highest BCUT2D eigenvalue weighted by Crippen LogP contribution is 2.11. The number of esters is 1. The Kier molecular flexibility index (Phi) is 6.41. The topological polar surface area (TPSA) is 105 Å². The first-order valence-electron chi connectivity index (χ1n) is 6.88. The molecule has 0 radical (unpaired) electrons. The van der Waals surface area contributed by atoms with Crippen LogP contribution in [0.3, 0.4) is 0 Å². The molecule has 1 fully saturated rings. The monoisotopic (exact) mass is 302 g/mol. The second-order valence-electron chi connectivity index (χ2n) is 4.98. The van der Waals surface area contributed by atoms with E-state index in [4.69, 9.17) is 9.84 Å². The fourth-order valence-electron chi connectivity index (χ4n) is 2.02. The van der Waals surface area contributed by atoms with Gasteiger partial charge in [-0.2, -0.15) is 0 Å². The lowest BCUT2D eigenvalue weighted by molar-refractivity contribution is -0.158. The molecule has 3 atom stereocenters. The van der Waals surface area contributed by atoms with Crippen LogP contribution in [0.15, 0.2) is 0 Å². The number of urea groups is 1. The van der Waals surface area contributed by atoms with Crippen molar-refractivity contribution in [1.29, 1.82) is 0 Å². The number of carbonyl (C=O) groups excluding carboxylic acids is 2. The first kappa shape index (κ1) is 17.2. The summed E-state index contributed by atoms with van der Waals surface area (Å²) in [6.07, 6.45) is -0.202. The van der Waals surface area contributed by atoms with Gasteiger partial charge in [0.25, 0.3) is 0 Å². The number of carbonyl (C=O) groups is 3. The molecule has 0 bridgehead atoms. The van der Waals surface area contributed by atoms with Crippen molar-refractivity contribution in [1.82, 2.24) is 10.2 Å². The highest BCUT2D eigenvalue weighted by molar-refractivity contribution is 5.83. The van der Waals surface area contributed by atoms with E-state index in [0.717, 1.165) is 0 Å². The van der Waals surface area contributed by atoms with Gasteiger partial charge >= 0.3 is 18.0 Å². The van der Waals surface area contributed by atoms with Crippen molar-refractivity contribution >= 4 is 18.0 Å². The second-order valence-corrected chi connectivity index (χ2v) is 4.98. The maximum atomic E-state index is 12.1. The Morgan fingerprint density at radius 2 is 2.14 bits per heavy atom. The molecule has 21 heavy (non-hydrogen) atoms. The van der Waals surface area contributed by atoms with Crippen LogP contribution in [0.1, 0.15) is 20.3 Å². The molecule has 0 saturated carbocycles. The number of rotatable bonds is 5. The number of aliphatic carboxylic acids is 1. The van der Waals surface area contributed by atoms with Crippen molar-refractivity contribution in [2.24, 2.45) is 5.92 Å². The summed E-state index contributed by atoms with van der Waals surface area (Å²) in [5.74, 6) is -1.82. The van der Waals surface area contributed by atoms with Crippen molar-refractivity contribution in [3.63, 3.8) is 0 Å². The number of hydrogen-bond acceptors (Lipinski definition) is 5. The van der Waals surface area contributed by atoms with Crippen molar-refractivity contribution in [2.45, 2.75) is 32.4 Å². The van der Waals surface area contributed by atoms with Gasteiger partial charge in [0.05, 0.1) is 20.3 Å². The van der Waals surface area contributed by atoms with E-state index in [0.29, 0.717) is 13.0 Å². The number of morpholine rings is 1. The number of methoxy groups -OCH3 is 1. The van der Waals surface area contributed by atoms with Gasteiger partial charge in [-0.15, -0.1) is 0 Å². The van der Waals surface area contributed by atoms with E-state index in [9.17, 15) is 14.4 Å². The molecule has 0 aromatic heterocycles. The van der Waals surface area contributed by atoms with Crippen molar-refractivity contribution in [3.05, 3.63) is 0 Å². The molecule has 1 heterocycles. The molecule has 1 aliphatic heterocycles. The third kappa shape index (κ3) is 4.59. The standard InChI is InChI=1S/C13H22N2O6/c1-4-8(2)10(11(16)17)14-13(19)15-5-6-21-9(7-15)12(18)20-3/h8-10H,4-7H2,1-3H3,(H,14,19)(H,16,17)/t8-,9?,10-/m0/s1. The normalized spacial score (nSPS) is 21.3. The summed E-state index contributed by atoms with van der Waals surface area (Å²) >= 11 is 0. The number of ether oxygens (including phenoxy) is 2. The van der Waals surface area contributed by atoms with Gasteiger partial charge in [-0.3, -0.25) is 0 Å². The zero-order valence-corrected chi connectivity index (χ0v) is 12.5. The maximum absolute atomic E-state index is 12.1. The molecule has 8 nitrogen and oxygen atoms in total. The van der Waals surface area contributed by atoms with Crippen LogP contribution < -0.4 is 5.32 Å². The van der Waals surface area contributed by atoms with E-state index in [-0.39, 0.29) is 19.1 Å². The van der Waals surface area contributed by atoms with Crippen LogP contribution in [0.25, 0.3) is 0 Å². The summed E-state index contributed by atoms with van der Waals surface area (Å²) in [6, 6.07) is -1.47. The number of nitrogens with zero attached hydrogens (tertiary/aromatic N) is 1. The fraction of sp³-hybridized carbons (Fsp3) is 0.769. The molecule has 1 rings (SSSR count). The number of carboxylic acid groups (broad SMARTS) is 1. The highest BCUT2D eigenvalue weighted by atomic mass is 16.6. The maximum Gasteiger partial charge on any atom is 0.336 e. The molecule has 2 N–H and O–H groups in total. The van der Waals surface area contributed by atoms with Crippen molar-refractivity contribution in [2.75, 3.05) is 26.8 Å². The predicted molar refractivity (Wildman–Crippen MR) is 72.7 cm³/mol. The first-order chi connectivity index (χ1) is 9.90. The first-order valence-corrected chi connectivity index (χ1v) is 6.88. The summed E-state index contributed by atoms with van der Waals surface area (Å²) in [4.78, 5) is 36.1. The number of amides is 2. The predicted octanol–water partition coefficient (Wildman–Crippen LogP) is 0.0691. The smallest absolute Gasteiger partial charge is 0.336 e. The van der Waals surface area contributed by atoms with Gasteiger partial charge < -0.3 is 24.8 Å². The Labute approximate surface area is 123 Å². The van der Waals surface area contributed by atoms with E-state index in [1.807, 2.05) is 6.92 Å². The molecule has 0 aromatic carbocycles. The van der Waals surface area contributed by atoms with Crippen LogP contribution >= 0.6 is 0 Å². The Morgan fingerprint density at radius 3 is 2.67 bits per heavy atom. The van der Waals surface area contributed by atoms with Crippen molar-refractivity contribution in [3.8, 4) is 0 Å². The quantitative estimate of drug-likeness (QED) is 0.696. The second kappa shape index (κ2) is 7.82. The molecule has 1 saturated heterocycles. The molecular weight excluding hydrogens is 280 g/mol. The van der Waals surface area contributed by atoms with Crippen LogP contribution in [-0.2, 0) is 19.1 Å². The molecule has 2 amide bonds. The van der Waals surface area contributed by atoms with E-state index in [1.54, 1.807) is 6.92 Å². The molecule has 1 unspecified atom stereocenters. The lowest BCUT2D eigenvalue weighted by atomic mass is 9.99. The minimum absolute atomic E-state index is 0.0470. The Bertz CT molecular complexity index is 400.